The Hall–Kier alpha value is -1.95. The molecule has 4 heterocycles. The van der Waals surface area contributed by atoms with E-state index in [0.29, 0.717) is 0 Å². The van der Waals surface area contributed by atoms with E-state index in [9.17, 15) is 0 Å². The second kappa shape index (κ2) is 12.9. The third kappa shape index (κ3) is 6.77. The Morgan fingerprint density at radius 2 is 2.09 bits per heavy atom. The molecule has 1 atom stereocenters. The van der Waals surface area contributed by atoms with E-state index in [1.54, 1.807) is 6.33 Å². The molecule has 4 rings (SSSR count). The molecule has 10 heteroatoms. The van der Waals surface area contributed by atoms with Crippen molar-refractivity contribution in [2.75, 3.05) is 50.8 Å². The van der Waals surface area contributed by atoms with Gasteiger partial charge < -0.3 is 24.4 Å². The summed E-state index contributed by atoms with van der Waals surface area (Å²) >= 11 is 0. The van der Waals surface area contributed by atoms with Gasteiger partial charge in [-0.25, -0.2) is 4.98 Å². The van der Waals surface area contributed by atoms with Crippen molar-refractivity contribution in [3.8, 4) is 0 Å². The molecule has 1 unspecified atom stereocenters. The van der Waals surface area contributed by atoms with Gasteiger partial charge >= 0.3 is 0 Å². The van der Waals surface area contributed by atoms with Gasteiger partial charge in [-0.2, -0.15) is 0 Å². The third-order valence-corrected chi connectivity index (χ3v) is 5.92. The Bertz CT molecular complexity index is 816. The van der Waals surface area contributed by atoms with E-state index in [4.69, 9.17) is 9.73 Å². The first-order chi connectivity index (χ1) is 15.3. The second-order valence-corrected chi connectivity index (χ2v) is 8.04. The number of aromatic nitrogens is 4. The standard InChI is InChI=1S/C22H34N8O.HI/c1-2-20-27-26-18-30(20)11-10-24-22(25-17-19-7-4-6-16-31-19)29-14-12-28(13-15-29)21-8-3-5-9-23-21;/h3,5,8-9,18-19H,2,4,6-7,10-17H2,1H3,(H,24,25);1H. The lowest BCUT2D eigenvalue weighted by atomic mass is 10.1. The number of hydrogen-bond donors (Lipinski definition) is 1. The zero-order valence-electron chi connectivity index (χ0n) is 18.9. The van der Waals surface area contributed by atoms with Crippen LogP contribution in [0.1, 0.15) is 32.0 Å². The molecule has 0 amide bonds. The van der Waals surface area contributed by atoms with E-state index in [-0.39, 0.29) is 30.1 Å². The topological polar surface area (TPSA) is 83.7 Å². The van der Waals surface area contributed by atoms with Crippen molar-refractivity contribution in [3.63, 3.8) is 0 Å². The van der Waals surface area contributed by atoms with Crippen LogP contribution >= 0.6 is 24.0 Å². The summed E-state index contributed by atoms with van der Waals surface area (Å²) in [6.07, 6.45) is 8.29. The number of ether oxygens (including phenoxy) is 1. The summed E-state index contributed by atoms with van der Waals surface area (Å²) in [7, 11) is 0. The van der Waals surface area contributed by atoms with Gasteiger partial charge in [0.1, 0.15) is 18.0 Å². The summed E-state index contributed by atoms with van der Waals surface area (Å²) in [4.78, 5) is 14.1. The van der Waals surface area contributed by atoms with Crippen LogP contribution in [0.2, 0.25) is 0 Å². The number of aliphatic imine (C=N–C) groups is 1. The van der Waals surface area contributed by atoms with Gasteiger partial charge in [0, 0.05) is 58.5 Å². The highest BCUT2D eigenvalue weighted by atomic mass is 127. The molecule has 0 aliphatic carbocycles. The number of halogens is 1. The molecular formula is C22H35IN8O. The van der Waals surface area contributed by atoms with Crippen LogP contribution in [-0.4, -0.2) is 82.6 Å². The number of piperazine rings is 1. The molecule has 2 aliphatic heterocycles. The fourth-order valence-corrected chi connectivity index (χ4v) is 4.12. The first kappa shape index (κ1) is 24.7. The van der Waals surface area contributed by atoms with E-state index >= 15 is 0 Å². The molecule has 2 fully saturated rings. The maximum Gasteiger partial charge on any atom is 0.194 e. The van der Waals surface area contributed by atoms with Crippen LogP contribution in [0.5, 0.6) is 0 Å². The zero-order valence-corrected chi connectivity index (χ0v) is 21.2. The number of guanidine groups is 1. The predicted molar refractivity (Wildman–Crippen MR) is 137 cm³/mol. The summed E-state index contributed by atoms with van der Waals surface area (Å²) in [5.41, 5.74) is 0. The quantitative estimate of drug-likeness (QED) is 0.319. The summed E-state index contributed by atoms with van der Waals surface area (Å²) in [5, 5.41) is 11.8. The average Bonchev–Trinajstić information content (AvgIpc) is 3.30. The number of hydrogen-bond acceptors (Lipinski definition) is 6. The van der Waals surface area contributed by atoms with Crippen molar-refractivity contribution in [3.05, 3.63) is 36.5 Å². The number of aryl methyl sites for hydroxylation is 1. The molecule has 176 valence electrons. The minimum atomic E-state index is 0. The van der Waals surface area contributed by atoms with E-state index < -0.39 is 0 Å². The molecular weight excluding hydrogens is 519 g/mol. The molecule has 0 aromatic carbocycles. The number of pyridine rings is 1. The number of anilines is 1. The van der Waals surface area contributed by atoms with E-state index in [0.717, 1.165) is 82.9 Å². The average molecular weight is 554 g/mol. The number of nitrogens with one attached hydrogen (secondary N) is 1. The van der Waals surface area contributed by atoms with Gasteiger partial charge in [-0.3, -0.25) is 4.99 Å². The molecule has 0 radical (unpaired) electrons. The molecule has 2 aromatic heterocycles. The fraction of sp³-hybridized carbons (Fsp3) is 0.636. The SMILES string of the molecule is CCc1nncn1CCNC(=NCC1CCCCO1)N1CCN(c2ccccn2)CC1.I. The highest BCUT2D eigenvalue weighted by molar-refractivity contribution is 14.0. The van der Waals surface area contributed by atoms with Crippen LogP contribution in [0.4, 0.5) is 5.82 Å². The van der Waals surface area contributed by atoms with Crippen molar-refractivity contribution in [2.45, 2.75) is 45.3 Å². The van der Waals surface area contributed by atoms with Crippen LogP contribution in [0.15, 0.2) is 35.7 Å². The van der Waals surface area contributed by atoms with Crippen molar-refractivity contribution in [2.24, 2.45) is 4.99 Å². The zero-order chi connectivity index (χ0) is 21.3. The molecule has 2 aromatic rings. The van der Waals surface area contributed by atoms with Gasteiger partial charge in [-0.1, -0.05) is 13.0 Å². The first-order valence-corrected chi connectivity index (χ1v) is 11.5. The number of nitrogens with zero attached hydrogens (tertiary/aromatic N) is 7. The third-order valence-electron chi connectivity index (χ3n) is 5.92. The fourth-order valence-electron chi connectivity index (χ4n) is 4.12. The van der Waals surface area contributed by atoms with Gasteiger partial charge in [-0.05, 0) is 31.4 Å². The Morgan fingerprint density at radius 3 is 2.81 bits per heavy atom. The van der Waals surface area contributed by atoms with Crippen LogP contribution in [0.25, 0.3) is 0 Å². The van der Waals surface area contributed by atoms with Crippen molar-refractivity contribution in [1.82, 2.24) is 30.0 Å². The van der Waals surface area contributed by atoms with Crippen LogP contribution in [0, 0.1) is 0 Å². The van der Waals surface area contributed by atoms with Gasteiger partial charge in [0.2, 0.25) is 0 Å². The minimum Gasteiger partial charge on any atom is -0.376 e. The van der Waals surface area contributed by atoms with Crippen LogP contribution in [0.3, 0.4) is 0 Å². The minimum absolute atomic E-state index is 0. The van der Waals surface area contributed by atoms with Crippen molar-refractivity contribution in [1.29, 1.82) is 0 Å². The summed E-state index contributed by atoms with van der Waals surface area (Å²) < 4.78 is 8.00. The van der Waals surface area contributed by atoms with E-state index in [1.165, 1.54) is 12.8 Å². The molecule has 0 bridgehead atoms. The maximum absolute atomic E-state index is 5.89. The second-order valence-electron chi connectivity index (χ2n) is 8.04. The summed E-state index contributed by atoms with van der Waals surface area (Å²) in [6, 6.07) is 6.08. The summed E-state index contributed by atoms with van der Waals surface area (Å²) in [6.45, 7) is 8.99. The lowest BCUT2D eigenvalue weighted by Gasteiger charge is -2.37. The van der Waals surface area contributed by atoms with E-state index in [2.05, 4.69) is 47.9 Å². The normalized spacial score (nSPS) is 19.5. The Kier molecular flexibility index (Phi) is 9.97. The molecule has 0 spiro atoms. The molecule has 1 N–H and O–H groups in total. The number of rotatable bonds is 7. The van der Waals surface area contributed by atoms with Gasteiger partial charge in [0.15, 0.2) is 5.96 Å². The lowest BCUT2D eigenvalue weighted by Crippen LogP contribution is -2.53. The Labute approximate surface area is 207 Å². The molecule has 32 heavy (non-hydrogen) atoms. The van der Waals surface area contributed by atoms with Gasteiger partial charge in [0.25, 0.3) is 0 Å². The monoisotopic (exact) mass is 554 g/mol. The van der Waals surface area contributed by atoms with Crippen LogP contribution < -0.4 is 10.2 Å². The highest BCUT2D eigenvalue weighted by Gasteiger charge is 2.21. The van der Waals surface area contributed by atoms with Gasteiger partial charge in [0.05, 0.1) is 12.6 Å². The molecule has 0 saturated carbocycles. The Balaban J connectivity index is 0.00000289. The smallest absolute Gasteiger partial charge is 0.194 e. The molecule has 9 nitrogen and oxygen atoms in total. The van der Waals surface area contributed by atoms with Crippen LogP contribution in [-0.2, 0) is 17.7 Å². The Morgan fingerprint density at radius 1 is 1.22 bits per heavy atom. The predicted octanol–water partition coefficient (Wildman–Crippen LogP) is 2.19. The molecule has 2 saturated heterocycles. The lowest BCUT2D eigenvalue weighted by molar-refractivity contribution is 0.0223. The first-order valence-electron chi connectivity index (χ1n) is 11.5. The summed E-state index contributed by atoms with van der Waals surface area (Å²) in [5.74, 6) is 3.03. The maximum atomic E-state index is 5.89. The molecule has 2 aliphatic rings. The largest absolute Gasteiger partial charge is 0.376 e. The highest BCUT2D eigenvalue weighted by Crippen LogP contribution is 2.14. The van der Waals surface area contributed by atoms with Gasteiger partial charge in [-0.15, -0.1) is 34.2 Å². The van der Waals surface area contributed by atoms with Crippen molar-refractivity contribution < 1.29 is 4.74 Å². The van der Waals surface area contributed by atoms with E-state index in [1.807, 2.05) is 18.3 Å². The van der Waals surface area contributed by atoms with Crippen molar-refractivity contribution >= 4 is 35.8 Å².